The van der Waals surface area contributed by atoms with Gasteiger partial charge in [0.2, 0.25) is 11.9 Å². The number of rotatable bonds is 7. The van der Waals surface area contributed by atoms with Crippen LogP contribution >= 0.6 is 0 Å². The molecule has 3 aliphatic rings. The normalized spacial score (nSPS) is 28.9. The molecule has 1 saturated heterocycles. The summed E-state index contributed by atoms with van der Waals surface area (Å²) in [5.41, 5.74) is 7.49. The van der Waals surface area contributed by atoms with E-state index in [1.165, 1.54) is 0 Å². The van der Waals surface area contributed by atoms with E-state index in [1.807, 2.05) is 30.2 Å². The number of carbonyl (C=O) groups excluding carboxylic acids is 1. The van der Waals surface area contributed by atoms with E-state index in [-0.39, 0.29) is 29.7 Å². The molecule has 1 aromatic heterocycles. The number of amides is 1. The Morgan fingerprint density at radius 1 is 1.40 bits per heavy atom. The third-order valence-electron chi connectivity index (χ3n) is 8.19. The van der Waals surface area contributed by atoms with Gasteiger partial charge in [-0.15, -0.1) is 0 Å². The maximum absolute atomic E-state index is 12.1. The Morgan fingerprint density at radius 2 is 2.17 bits per heavy atom. The summed E-state index contributed by atoms with van der Waals surface area (Å²) in [5, 5.41) is 15.4. The first-order valence-electron chi connectivity index (χ1n) is 12.6. The topological polar surface area (TPSA) is 123 Å². The summed E-state index contributed by atoms with van der Waals surface area (Å²) in [6, 6.07) is 4.56. The van der Waals surface area contributed by atoms with Crippen molar-refractivity contribution in [3.63, 3.8) is 0 Å². The van der Waals surface area contributed by atoms with Gasteiger partial charge in [0.1, 0.15) is 12.2 Å². The summed E-state index contributed by atoms with van der Waals surface area (Å²) >= 11 is 0. The van der Waals surface area contributed by atoms with E-state index in [2.05, 4.69) is 46.6 Å². The molecule has 1 aliphatic heterocycles. The molecule has 1 aromatic rings. The summed E-state index contributed by atoms with van der Waals surface area (Å²) < 4.78 is 0. The zero-order chi connectivity index (χ0) is 25.0. The van der Waals surface area contributed by atoms with Crippen LogP contribution in [-0.4, -0.2) is 66.1 Å². The van der Waals surface area contributed by atoms with Crippen LogP contribution in [0, 0.1) is 22.7 Å². The molecule has 188 valence electrons. The second-order valence-electron chi connectivity index (χ2n) is 10.3. The van der Waals surface area contributed by atoms with Crippen LogP contribution < -0.4 is 21.3 Å². The molecule has 4 rings (SSSR count). The lowest BCUT2D eigenvalue weighted by Crippen LogP contribution is -2.42. The molecule has 35 heavy (non-hydrogen) atoms. The Morgan fingerprint density at radius 3 is 2.86 bits per heavy atom. The van der Waals surface area contributed by atoms with Crippen molar-refractivity contribution in [3.05, 3.63) is 36.2 Å². The van der Waals surface area contributed by atoms with Crippen molar-refractivity contribution in [2.45, 2.75) is 63.6 Å². The van der Waals surface area contributed by atoms with Gasteiger partial charge in [0, 0.05) is 56.1 Å². The zero-order valence-electron chi connectivity index (χ0n) is 21.1. The highest BCUT2D eigenvalue weighted by Gasteiger charge is 2.43. The fourth-order valence-electron chi connectivity index (χ4n) is 5.75. The number of nitrogens with zero attached hydrogens (tertiary/aromatic N) is 5. The number of nitrogens with one attached hydrogen (secondary N) is 2. The molecule has 2 aliphatic carbocycles. The Bertz CT molecular complexity index is 1010. The third kappa shape index (κ3) is 5.65. The molecule has 0 bridgehead atoms. The fourth-order valence-corrected chi connectivity index (χ4v) is 5.75. The van der Waals surface area contributed by atoms with E-state index >= 15 is 0 Å². The lowest BCUT2D eigenvalue weighted by molar-refractivity contribution is -0.129. The van der Waals surface area contributed by atoms with Crippen molar-refractivity contribution in [1.29, 1.82) is 5.26 Å². The highest BCUT2D eigenvalue weighted by atomic mass is 16.2. The highest BCUT2D eigenvalue weighted by Crippen LogP contribution is 2.45. The first-order valence-corrected chi connectivity index (χ1v) is 12.6. The maximum atomic E-state index is 12.1. The number of anilines is 2. The van der Waals surface area contributed by atoms with E-state index in [1.54, 1.807) is 6.20 Å². The van der Waals surface area contributed by atoms with Crippen molar-refractivity contribution < 1.29 is 4.79 Å². The van der Waals surface area contributed by atoms with E-state index in [0.717, 1.165) is 56.7 Å². The zero-order valence-corrected chi connectivity index (χ0v) is 21.1. The van der Waals surface area contributed by atoms with Crippen molar-refractivity contribution in [3.8, 4) is 6.07 Å². The number of hydrogen-bond acceptors (Lipinski definition) is 8. The Kier molecular flexibility index (Phi) is 7.72. The number of allylic oxidation sites excluding steroid dienone is 1. The van der Waals surface area contributed by atoms with Crippen LogP contribution in [0.1, 0.15) is 45.4 Å². The fraction of sp³-hybridized carbons (Fsp3) is 0.615. The molecule has 3 atom stereocenters. The van der Waals surface area contributed by atoms with Crippen molar-refractivity contribution in [1.82, 2.24) is 20.2 Å². The van der Waals surface area contributed by atoms with Crippen LogP contribution in [0.4, 0.5) is 11.8 Å². The first kappa shape index (κ1) is 25.1. The number of aromatic nitrogens is 2. The summed E-state index contributed by atoms with van der Waals surface area (Å²) in [4.78, 5) is 25.5. The maximum Gasteiger partial charge on any atom is 0.236 e. The van der Waals surface area contributed by atoms with Crippen LogP contribution in [0.15, 0.2) is 36.2 Å². The van der Waals surface area contributed by atoms with E-state index in [4.69, 9.17) is 16.0 Å². The van der Waals surface area contributed by atoms with Crippen LogP contribution in [0.3, 0.4) is 0 Å². The molecule has 0 radical (unpaired) electrons. The van der Waals surface area contributed by atoms with Gasteiger partial charge in [-0.1, -0.05) is 6.08 Å². The number of nitrogens with two attached hydrogens (primary N) is 1. The SMILES string of the molecule is CNC(C)C1C=CC(Nc2nccc(N(C)C3CCC4(CC3)CCN(C(=O)CC#N)C4)n2)=CC1N. The molecule has 1 amide bonds. The molecule has 0 aromatic carbocycles. The molecule has 2 fully saturated rings. The second kappa shape index (κ2) is 10.8. The molecule has 3 unspecified atom stereocenters. The standard InChI is InChI=1S/C26H38N8O/c1-18(29-2)21-5-4-19(16-22(21)28)31-25-30-14-9-23(32-25)33(3)20-6-10-26(11-7-20)12-15-34(17-26)24(35)8-13-27/h4-5,9,14,16,18,20-22,29H,6-8,10-12,15,17,28H2,1-3H3,(H,30,31,32). The number of carbonyl (C=O) groups is 1. The molecule has 9 nitrogen and oxygen atoms in total. The van der Waals surface area contributed by atoms with Gasteiger partial charge in [0.05, 0.1) is 6.07 Å². The number of likely N-dealkylation sites (tertiary alicyclic amines) is 1. The lowest BCUT2D eigenvalue weighted by atomic mass is 9.71. The minimum atomic E-state index is -0.0768. The largest absolute Gasteiger partial charge is 0.357 e. The number of hydrogen-bond donors (Lipinski definition) is 3. The molecule has 1 spiro atoms. The van der Waals surface area contributed by atoms with Crippen molar-refractivity contribution >= 4 is 17.7 Å². The monoisotopic (exact) mass is 478 g/mol. The van der Waals surface area contributed by atoms with Crippen molar-refractivity contribution in [2.24, 2.45) is 17.1 Å². The van der Waals surface area contributed by atoms with E-state index in [9.17, 15) is 4.79 Å². The van der Waals surface area contributed by atoms with Gasteiger partial charge >= 0.3 is 0 Å². The van der Waals surface area contributed by atoms with Gasteiger partial charge in [0.15, 0.2) is 0 Å². The van der Waals surface area contributed by atoms with Gasteiger partial charge in [-0.05, 0) is 69.7 Å². The molecule has 9 heteroatoms. The quantitative estimate of drug-likeness (QED) is 0.546. The molecule has 2 heterocycles. The average molecular weight is 479 g/mol. The molecular formula is C26H38N8O. The Balaban J connectivity index is 1.34. The summed E-state index contributed by atoms with van der Waals surface area (Å²) in [6.45, 7) is 3.71. The average Bonchev–Trinajstić information content (AvgIpc) is 3.27. The summed E-state index contributed by atoms with van der Waals surface area (Å²) in [5.74, 6) is 1.68. The highest BCUT2D eigenvalue weighted by molar-refractivity contribution is 5.78. The third-order valence-corrected chi connectivity index (χ3v) is 8.19. The minimum Gasteiger partial charge on any atom is -0.357 e. The summed E-state index contributed by atoms with van der Waals surface area (Å²) in [7, 11) is 4.05. The van der Waals surface area contributed by atoms with Gasteiger partial charge in [-0.2, -0.15) is 10.2 Å². The smallest absolute Gasteiger partial charge is 0.236 e. The minimum absolute atomic E-state index is 0.0141. The summed E-state index contributed by atoms with van der Waals surface area (Å²) in [6.07, 6.45) is 13.4. The van der Waals surface area contributed by atoms with Crippen LogP contribution in [0.2, 0.25) is 0 Å². The van der Waals surface area contributed by atoms with Gasteiger partial charge < -0.3 is 26.2 Å². The first-order chi connectivity index (χ1) is 16.8. The van der Waals surface area contributed by atoms with Gasteiger partial charge in [-0.3, -0.25) is 4.79 Å². The van der Waals surface area contributed by atoms with E-state index < -0.39 is 0 Å². The molecule has 4 N–H and O–H groups in total. The predicted molar refractivity (Wildman–Crippen MR) is 137 cm³/mol. The van der Waals surface area contributed by atoms with E-state index in [0.29, 0.717) is 18.0 Å². The Labute approximate surface area is 208 Å². The van der Waals surface area contributed by atoms with Crippen molar-refractivity contribution in [2.75, 3.05) is 37.4 Å². The van der Waals surface area contributed by atoms with Crippen LogP contribution in [0.5, 0.6) is 0 Å². The molecular weight excluding hydrogens is 440 g/mol. The number of nitriles is 1. The van der Waals surface area contributed by atoms with Crippen LogP contribution in [0.25, 0.3) is 0 Å². The Hall–Kier alpha value is -2.96. The molecule has 1 saturated carbocycles. The van der Waals surface area contributed by atoms with Crippen LogP contribution in [-0.2, 0) is 4.79 Å². The van der Waals surface area contributed by atoms with Gasteiger partial charge in [0.25, 0.3) is 0 Å². The lowest BCUT2D eigenvalue weighted by Gasteiger charge is -2.40. The van der Waals surface area contributed by atoms with Gasteiger partial charge in [-0.25, -0.2) is 4.98 Å². The predicted octanol–water partition coefficient (Wildman–Crippen LogP) is 2.40. The second-order valence-corrected chi connectivity index (χ2v) is 10.3.